The van der Waals surface area contributed by atoms with Crippen LogP contribution in [-0.2, 0) is 7.05 Å². The van der Waals surface area contributed by atoms with Gasteiger partial charge in [-0.05, 0) is 25.0 Å². The van der Waals surface area contributed by atoms with E-state index >= 15 is 0 Å². The molecule has 6 nitrogen and oxygen atoms in total. The molecule has 2 N–H and O–H groups in total. The van der Waals surface area contributed by atoms with E-state index < -0.39 is 0 Å². The Labute approximate surface area is 139 Å². The number of aromatic hydroxyl groups is 1. The Hall–Kier alpha value is -2.76. The molecule has 0 aliphatic heterocycles. The second kappa shape index (κ2) is 5.70. The van der Waals surface area contributed by atoms with E-state index in [-0.39, 0.29) is 17.5 Å². The number of pyridine rings is 1. The number of aryl methyl sites for hydroxylation is 1. The van der Waals surface area contributed by atoms with Crippen molar-refractivity contribution >= 4 is 22.5 Å². The third kappa shape index (κ3) is 2.44. The molecular formula is C18H20N4O2. The van der Waals surface area contributed by atoms with E-state index in [2.05, 4.69) is 10.3 Å². The summed E-state index contributed by atoms with van der Waals surface area (Å²) in [6.07, 6.45) is 6.18. The van der Waals surface area contributed by atoms with Crippen LogP contribution in [0.3, 0.4) is 0 Å². The first kappa shape index (κ1) is 14.8. The number of nitrogens with one attached hydrogen (secondary N) is 1. The van der Waals surface area contributed by atoms with Crippen molar-refractivity contribution in [3.05, 3.63) is 47.0 Å². The standard InChI is InChI=1S/C18H20N4O2/c1-21-16-11-19-17(20-12-5-4-8-14(23)9-12)10-15(16)22(18(21)24)13-6-2-3-7-13/h4-5,8-11,13,23H,2-3,6-7H2,1H3,(H,19,20). The topological polar surface area (TPSA) is 72.1 Å². The minimum absolute atomic E-state index is 0.0215. The number of anilines is 2. The number of imidazole rings is 1. The highest BCUT2D eigenvalue weighted by molar-refractivity contribution is 5.79. The lowest BCUT2D eigenvalue weighted by molar-refractivity contribution is 0.475. The van der Waals surface area contributed by atoms with Crippen molar-refractivity contribution in [1.29, 1.82) is 0 Å². The summed E-state index contributed by atoms with van der Waals surface area (Å²) < 4.78 is 3.58. The van der Waals surface area contributed by atoms with Crippen molar-refractivity contribution < 1.29 is 5.11 Å². The highest BCUT2D eigenvalue weighted by Crippen LogP contribution is 2.31. The third-order valence-electron chi connectivity index (χ3n) is 4.78. The molecule has 1 aromatic carbocycles. The summed E-state index contributed by atoms with van der Waals surface area (Å²) in [6, 6.07) is 9.09. The average Bonchev–Trinajstić information content (AvgIpc) is 3.16. The van der Waals surface area contributed by atoms with Crippen LogP contribution >= 0.6 is 0 Å². The lowest BCUT2D eigenvalue weighted by Crippen LogP contribution is -2.24. The average molecular weight is 324 g/mol. The number of hydrogen-bond acceptors (Lipinski definition) is 4. The van der Waals surface area contributed by atoms with Crippen LogP contribution < -0.4 is 11.0 Å². The maximum Gasteiger partial charge on any atom is 0.329 e. The molecule has 1 saturated carbocycles. The summed E-state index contributed by atoms with van der Waals surface area (Å²) in [6.45, 7) is 0. The molecule has 0 spiro atoms. The predicted octanol–water partition coefficient (Wildman–Crippen LogP) is 3.30. The highest BCUT2D eigenvalue weighted by Gasteiger charge is 2.23. The molecule has 0 atom stereocenters. The van der Waals surface area contributed by atoms with Gasteiger partial charge in [0.1, 0.15) is 11.6 Å². The van der Waals surface area contributed by atoms with Crippen molar-refractivity contribution in [1.82, 2.24) is 14.1 Å². The van der Waals surface area contributed by atoms with Gasteiger partial charge in [0.05, 0.1) is 17.2 Å². The quantitative estimate of drug-likeness (QED) is 0.775. The SMILES string of the molecule is Cn1c(=O)n(C2CCCC2)c2cc(Nc3cccc(O)c3)ncc21. The van der Waals surface area contributed by atoms with Gasteiger partial charge in [0.25, 0.3) is 0 Å². The Kier molecular flexibility index (Phi) is 3.52. The van der Waals surface area contributed by atoms with Crippen molar-refractivity contribution in [3.63, 3.8) is 0 Å². The number of hydrogen-bond donors (Lipinski definition) is 2. The molecule has 0 radical (unpaired) electrons. The van der Waals surface area contributed by atoms with Gasteiger partial charge in [-0.1, -0.05) is 18.9 Å². The monoisotopic (exact) mass is 324 g/mol. The molecule has 0 saturated heterocycles. The summed E-state index contributed by atoms with van der Waals surface area (Å²) in [5.41, 5.74) is 2.53. The lowest BCUT2D eigenvalue weighted by atomic mass is 10.2. The number of phenols is 1. The van der Waals surface area contributed by atoms with E-state index in [1.54, 1.807) is 36.0 Å². The van der Waals surface area contributed by atoms with Crippen LogP contribution in [0, 0.1) is 0 Å². The van der Waals surface area contributed by atoms with E-state index in [0.29, 0.717) is 5.82 Å². The number of phenolic OH excluding ortho intramolecular Hbond substituents is 1. The number of benzene rings is 1. The number of fused-ring (bicyclic) bond motifs is 1. The fourth-order valence-corrected chi connectivity index (χ4v) is 3.57. The van der Waals surface area contributed by atoms with Crippen LogP contribution in [0.25, 0.3) is 11.0 Å². The minimum atomic E-state index is 0.0215. The van der Waals surface area contributed by atoms with Gasteiger partial charge in [0.15, 0.2) is 0 Å². The molecule has 4 rings (SSSR count). The predicted molar refractivity (Wildman–Crippen MR) is 93.9 cm³/mol. The van der Waals surface area contributed by atoms with Crippen molar-refractivity contribution in [3.8, 4) is 5.75 Å². The number of aromatic nitrogens is 3. The Morgan fingerprint density at radius 1 is 1.21 bits per heavy atom. The van der Waals surface area contributed by atoms with Gasteiger partial charge in [-0.3, -0.25) is 9.13 Å². The zero-order valence-corrected chi connectivity index (χ0v) is 13.6. The van der Waals surface area contributed by atoms with Gasteiger partial charge in [0, 0.05) is 30.9 Å². The second-order valence-electron chi connectivity index (χ2n) is 6.38. The molecule has 0 amide bonds. The smallest absolute Gasteiger partial charge is 0.329 e. The Balaban J connectivity index is 1.79. The second-order valence-corrected chi connectivity index (χ2v) is 6.38. The van der Waals surface area contributed by atoms with Gasteiger partial charge >= 0.3 is 5.69 Å². The van der Waals surface area contributed by atoms with E-state index in [9.17, 15) is 9.90 Å². The highest BCUT2D eigenvalue weighted by atomic mass is 16.3. The van der Waals surface area contributed by atoms with Crippen LogP contribution in [0.15, 0.2) is 41.3 Å². The molecule has 1 aliphatic rings. The van der Waals surface area contributed by atoms with E-state index in [1.807, 2.05) is 16.7 Å². The molecular weight excluding hydrogens is 304 g/mol. The van der Waals surface area contributed by atoms with Crippen molar-refractivity contribution in [2.75, 3.05) is 5.32 Å². The summed E-state index contributed by atoms with van der Waals surface area (Å²) in [5, 5.41) is 12.8. The van der Waals surface area contributed by atoms with Gasteiger partial charge < -0.3 is 10.4 Å². The first-order valence-electron chi connectivity index (χ1n) is 8.26. The maximum absolute atomic E-state index is 12.6. The van der Waals surface area contributed by atoms with Crippen molar-refractivity contribution in [2.24, 2.45) is 7.05 Å². The van der Waals surface area contributed by atoms with Gasteiger partial charge in [-0.25, -0.2) is 9.78 Å². The fraction of sp³-hybridized carbons (Fsp3) is 0.333. The van der Waals surface area contributed by atoms with Crippen LogP contribution in [0.5, 0.6) is 5.75 Å². The van der Waals surface area contributed by atoms with Gasteiger partial charge in [-0.2, -0.15) is 0 Å². The Morgan fingerprint density at radius 2 is 2.00 bits per heavy atom. The normalized spacial score (nSPS) is 15.2. The molecule has 24 heavy (non-hydrogen) atoms. The van der Waals surface area contributed by atoms with Crippen LogP contribution in [0.2, 0.25) is 0 Å². The summed E-state index contributed by atoms with van der Waals surface area (Å²) in [4.78, 5) is 17.0. The molecule has 0 unspecified atom stereocenters. The molecule has 3 aromatic rings. The molecule has 2 heterocycles. The third-order valence-corrected chi connectivity index (χ3v) is 4.78. The molecule has 1 fully saturated rings. The Bertz CT molecular complexity index is 951. The fourth-order valence-electron chi connectivity index (χ4n) is 3.57. The zero-order chi connectivity index (χ0) is 16.7. The van der Waals surface area contributed by atoms with Crippen LogP contribution in [0.1, 0.15) is 31.7 Å². The summed E-state index contributed by atoms with van der Waals surface area (Å²) in [5.74, 6) is 0.856. The first-order valence-corrected chi connectivity index (χ1v) is 8.26. The molecule has 124 valence electrons. The molecule has 0 bridgehead atoms. The minimum Gasteiger partial charge on any atom is -0.508 e. The lowest BCUT2D eigenvalue weighted by Gasteiger charge is -2.12. The first-order chi connectivity index (χ1) is 11.6. The van der Waals surface area contributed by atoms with Crippen molar-refractivity contribution in [2.45, 2.75) is 31.7 Å². The Morgan fingerprint density at radius 3 is 2.75 bits per heavy atom. The van der Waals surface area contributed by atoms with E-state index in [0.717, 1.165) is 29.6 Å². The van der Waals surface area contributed by atoms with Gasteiger partial charge in [0.2, 0.25) is 0 Å². The van der Waals surface area contributed by atoms with E-state index in [4.69, 9.17) is 0 Å². The van der Waals surface area contributed by atoms with Gasteiger partial charge in [-0.15, -0.1) is 0 Å². The molecule has 6 heteroatoms. The van der Waals surface area contributed by atoms with Crippen LogP contribution in [0.4, 0.5) is 11.5 Å². The number of rotatable bonds is 3. The zero-order valence-electron chi connectivity index (χ0n) is 13.6. The molecule has 1 aliphatic carbocycles. The molecule has 2 aromatic heterocycles. The number of nitrogens with zero attached hydrogens (tertiary/aromatic N) is 3. The largest absolute Gasteiger partial charge is 0.508 e. The summed E-state index contributed by atoms with van der Waals surface area (Å²) in [7, 11) is 1.79. The van der Waals surface area contributed by atoms with E-state index in [1.165, 1.54) is 12.8 Å². The van der Waals surface area contributed by atoms with Crippen LogP contribution in [-0.4, -0.2) is 19.2 Å². The maximum atomic E-state index is 12.6. The summed E-state index contributed by atoms with van der Waals surface area (Å²) >= 11 is 0.